The van der Waals surface area contributed by atoms with Crippen molar-refractivity contribution in [1.29, 1.82) is 0 Å². The molecule has 5 rings (SSSR count). The highest BCUT2D eigenvalue weighted by molar-refractivity contribution is 5.97. The van der Waals surface area contributed by atoms with Crippen LogP contribution >= 0.6 is 0 Å². The van der Waals surface area contributed by atoms with Gasteiger partial charge in [0.2, 0.25) is 11.8 Å². The highest BCUT2D eigenvalue weighted by Gasteiger charge is 2.27. The van der Waals surface area contributed by atoms with E-state index in [1.54, 1.807) is 56.8 Å². The fourth-order valence-corrected chi connectivity index (χ4v) is 5.18. The summed E-state index contributed by atoms with van der Waals surface area (Å²) in [6.07, 6.45) is 2.41. The van der Waals surface area contributed by atoms with Gasteiger partial charge in [-0.1, -0.05) is 30.3 Å². The van der Waals surface area contributed by atoms with Crippen LogP contribution in [0.3, 0.4) is 0 Å². The average Bonchev–Trinajstić information content (AvgIpc) is 3.61. The summed E-state index contributed by atoms with van der Waals surface area (Å²) >= 11 is 0. The van der Waals surface area contributed by atoms with Crippen LogP contribution in [0.15, 0.2) is 54.7 Å². The van der Waals surface area contributed by atoms with Crippen molar-refractivity contribution in [3.05, 3.63) is 71.8 Å². The van der Waals surface area contributed by atoms with Crippen molar-refractivity contribution >= 4 is 40.5 Å². The molecule has 248 valence electrons. The van der Waals surface area contributed by atoms with Crippen molar-refractivity contribution in [2.45, 2.75) is 65.3 Å². The van der Waals surface area contributed by atoms with E-state index in [-0.39, 0.29) is 37.2 Å². The molecule has 3 heterocycles. The van der Waals surface area contributed by atoms with E-state index in [1.165, 1.54) is 0 Å². The van der Waals surface area contributed by atoms with Crippen molar-refractivity contribution in [3.8, 4) is 5.88 Å². The van der Waals surface area contributed by atoms with Crippen LogP contribution in [-0.2, 0) is 32.2 Å². The van der Waals surface area contributed by atoms with Crippen molar-refractivity contribution in [3.63, 3.8) is 0 Å². The lowest BCUT2D eigenvalue weighted by Gasteiger charge is -2.24. The van der Waals surface area contributed by atoms with Crippen molar-refractivity contribution in [2.24, 2.45) is 0 Å². The van der Waals surface area contributed by atoms with Gasteiger partial charge in [-0.15, -0.1) is 5.10 Å². The maximum atomic E-state index is 13.1. The second-order valence-corrected chi connectivity index (χ2v) is 12.0. The Bertz CT molecular complexity index is 1760. The van der Waals surface area contributed by atoms with Gasteiger partial charge in [0.05, 0.1) is 30.1 Å². The first-order valence-electron chi connectivity index (χ1n) is 15.5. The van der Waals surface area contributed by atoms with E-state index < -0.39 is 29.6 Å². The van der Waals surface area contributed by atoms with E-state index in [9.17, 15) is 19.2 Å². The number of carbonyl (C=O) groups is 4. The van der Waals surface area contributed by atoms with Crippen molar-refractivity contribution < 1.29 is 33.4 Å². The molecule has 3 N–H and O–H groups in total. The number of hydrogen-bond donors (Lipinski definition) is 3. The maximum Gasteiger partial charge on any atom is 0.408 e. The predicted octanol–water partition coefficient (Wildman–Crippen LogP) is 3.95. The minimum atomic E-state index is -0.698. The molecule has 0 radical (unpaired) electrons. The number of rotatable bonds is 11. The largest absolute Gasteiger partial charge is 0.466 e. The Morgan fingerprint density at radius 1 is 1.04 bits per heavy atom. The molecule has 0 fully saturated rings. The number of amides is 3. The summed E-state index contributed by atoms with van der Waals surface area (Å²) in [7, 11) is 0. The van der Waals surface area contributed by atoms with Gasteiger partial charge in [0, 0.05) is 18.4 Å². The lowest BCUT2D eigenvalue weighted by Crippen LogP contribution is -2.37. The minimum Gasteiger partial charge on any atom is -0.466 e. The van der Waals surface area contributed by atoms with Crippen LogP contribution in [0.5, 0.6) is 5.88 Å². The molecule has 14 heteroatoms. The summed E-state index contributed by atoms with van der Waals surface area (Å²) in [4.78, 5) is 54.3. The molecule has 2 aromatic heterocycles. The number of benzene rings is 2. The molecule has 4 aromatic rings. The standard InChI is InChI=1S/C33H39N7O7/c1-5-45-31(43)25-19-39-15-9-12-24(29(39)37-25)36-28(42)20-46-30-23-16-22(35-27(41)17-34-32(44)47-33(2,3)4)13-14-26(23)40(38-30)18-21-10-7-6-8-11-21/h6-8,10-11,13-14,16,19,24H,5,9,12,15,17-18,20H2,1-4H3,(H,34,44)(H,35,41)(H,36,42). The number of nitrogens with zero attached hydrogens (tertiary/aromatic N) is 4. The summed E-state index contributed by atoms with van der Waals surface area (Å²) in [5.74, 6) is -0.538. The molecule has 0 bridgehead atoms. The maximum absolute atomic E-state index is 13.1. The van der Waals surface area contributed by atoms with Crippen LogP contribution < -0.4 is 20.7 Å². The zero-order chi connectivity index (χ0) is 33.6. The van der Waals surface area contributed by atoms with Crippen LogP contribution in [0, 0.1) is 0 Å². The van der Waals surface area contributed by atoms with Crippen LogP contribution in [0.25, 0.3) is 10.9 Å². The molecule has 0 saturated heterocycles. The monoisotopic (exact) mass is 645 g/mol. The number of hydrogen-bond acceptors (Lipinski definition) is 9. The van der Waals surface area contributed by atoms with Crippen LogP contribution in [0.1, 0.15) is 68.5 Å². The van der Waals surface area contributed by atoms with Gasteiger partial charge >= 0.3 is 12.1 Å². The Balaban J connectivity index is 1.29. The van der Waals surface area contributed by atoms with Crippen molar-refractivity contribution in [2.75, 3.05) is 25.1 Å². The molecule has 47 heavy (non-hydrogen) atoms. The van der Waals surface area contributed by atoms with E-state index in [1.807, 2.05) is 34.9 Å². The Kier molecular flexibility index (Phi) is 10.1. The second kappa shape index (κ2) is 14.4. The van der Waals surface area contributed by atoms with Crippen LogP contribution in [0.4, 0.5) is 10.5 Å². The van der Waals surface area contributed by atoms with E-state index in [2.05, 4.69) is 26.0 Å². The SMILES string of the molecule is CCOC(=O)c1cn2c(n1)C(NC(=O)COc1nn(Cc3ccccc3)c3ccc(NC(=O)CNC(=O)OC(C)(C)C)cc13)CCC2. The lowest BCUT2D eigenvalue weighted by atomic mass is 10.1. The second-order valence-electron chi connectivity index (χ2n) is 12.0. The van der Waals surface area contributed by atoms with Gasteiger partial charge in [0.25, 0.3) is 5.91 Å². The van der Waals surface area contributed by atoms with Gasteiger partial charge in [-0.25, -0.2) is 14.6 Å². The number of fused-ring (bicyclic) bond motifs is 2. The molecule has 0 saturated carbocycles. The Morgan fingerprint density at radius 2 is 1.83 bits per heavy atom. The summed E-state index contributed by atoms with van der Waals surface area (Å²) in [6.45, 7) is 7.70. The van der Waals surface area contributed by atoms with E-state index in [0.29, 0.717) is 36.4 Å². The lowest BCUT2D eigenvalue weighted by molar-refractivity contribution is -0.124. The number of aryl methyl sites for hydroxylation is 1. The van der Waals surface area contributed by atoms with Gasteiger partial charge in [0.15, 0.2) is 12.3 Å². The molecule has 0 aliphatic carbocycles. The molecule has 1 unspecified atom stereocenters. The molecule has 3 amide bonds. The van der Waals surface area contributed by atoms with E-state index in [0.717, 1.165) is 17.5 Å². The zero-order valence-corrected chi connectivity index (χ0v) is 26.9. The minimum absolute atomic E-state index is 0.207. The fraction of sp³-hybridized carbons (Fsp3) is 0.394. The number of carbonyl (C=O) groups excluding carboxylic acids is 4. The number of aromatic nitrogens is 4. The highest BCUT2D eigenvalue weighted by atomic mass is 16.6. The summed E-state index contributed by atoms with van der Waals surface area (Å²) in [5, 5.41) is 13.4. The summed E-state index contributed by atoms with van der Waals surface area (Å²) in [6, 6.07) is 14.6. The number of imidazole rings is 1. The predicted molar refractivity (Wildman–Crippen MR) is 172 cm³/mol. The zero-order valence-electron chi connectivity index (χ0n) is 26.9. The molecular weight excluding hydrogens is 606 g/mol. The Labute approximate surface area is 271 Å². The molecule has 14 nitrogen and oxygen atoms in total. The molecule has 1 aliphatic rings. The molecule has 1 atom stereocenters. The van der Waals surface area contributed by atoms with Gasteiger partial charge in [0.1, 0.15) is 18.0 Å². The number of ether oxygens (including phenoxy) is 3. The highest BCUT2D eigenvalue weighted by Crippen LogP contribution is 2.29. The van der Waals surface area contributed by atoms with Crippen molar-refractivity contribution in [1.82, 2.24) is 30.0 Å². The average molecular weight is 646 g/mol. The smallest absolute Gasteiger partial charge is 0.408 e. The van der Waals surface area contributed by atoms with Gasteiger partial charge < -0.3 is 34.7 Å². The topological polar surface area (TPSA) is 168 Å². The van der Waals surface area contributed by atoms with Gasteiger partial charge in [-0.2, -0.15) is 0 Å². The number of nitrogens with one attached hydrogen (secondary N) is 3. The molecule has 0 spiro atoms. The molecule has 1 aliphatic heterocycles. The van der Waals surface area contributed by atoms with Gasteiger partial charge in [-0.3, -0.25) is 14.3 Å². The van der Waals surface area contributed by atoms with Gasteiger partial charge in [-0.05, 0) is 64.3 Å². The fourth-order valence-electron chi connectivity index (χ4n) is 5.18. The third-order valence-electron chi connectivity index (χ3n) is 7.14. The molecule has 2 aromatic carbocycles. The van der Waals surface area contributed by atoms with E-state index >= 15 is 0 Å². The summed E-state index contributed by atoms with van der Waals surface area (Å²) < 4.78 is 19.8. The van der Waals surface area contributed by atoms with Crippen LogP contribution in [-0.4, -0.2) is 68.6 Å². The first kappa shape index (κ1) is 33.0. The van der Waals surface area contributed by atoms with Crippen LogP contribution in [0.2, 0.25) is 0 Å². The third kappa shape index (κ3) is 8.66. The third-order valence-corrected chi connectivity index (χ3v) is 7.14. The first-order valence-corrected chi connectivity index (χ1v) is 15.5. The Morgan fingerprint density at radius 3 is 2.57 bits per heavy atom. The number of esters is 1. The first-order chi connectivity index (χ1) is 22.5. The van der Waals surface area contributed by atoms with E-state index in [4.69, 9.17) is 14.2 Å². The number of alkyl carbamates (subject to hydrolysis) is 1. The summed E-state index contributed by atoms with van der Waals surface area (Å²) in [5.41, 5.74) is 1.72. The Hall–Kier alpha value is -5.40. The molecular formula is C33H39N7O7. The number of anilines is 1. The quantitative estimate of drug-likeness (QED) is 0.205. The normalized spacial score (nSPS) is 14.2.